The maximum atomic E-state index is 12.2. The number of rotatable bonds is 3. The molecule has 0 spiro atoms. The molecule has 1 aliphatic heterocycles. The lowest BCUT2D eigenvalue weighted by Gasteiger charge is -2.31. The number of ether oxygens (including phenoxy) is 1. The van der Waals surface area contributed by atoms with Gasteiger partial charge in [-0.05, 0) is 18.9 Å². The molecule has 1 fully saturated rings. The Balaban J connectivity index is 2.08. The number of nitrogens with one attached hydrogen (secondary N) is 1. The predicted molar refractivity (Wildman–Crippen MR) is 74.2 cm³/mol. The van der Waals surface area contributed by atoms with E-state index in [4.69, 9.17) is 10.5 Å². The number of aromatic nitrogens is 1. The Kier molecular flexibility index (Phi) is 4.01. The fourth-order valence-electron chi connectivity index (χ4n) is 1.96. The van der Waals surface area contributed by atoms with Gasteiger partial charge in [-0.15, -0.1) is 0 Å². The van der Waals surface area contributed by atoms with Crippen LogP contribution in [0.25, 0.3) is 0 Å². The highest BCUT2D eigenvalue weighted by Gasteiger charge is 2.35. The third-order valence-electron chi connectivity index (χ3n) is 3.30. The molecule has 1 aromatic heterocycles. The van der Waals surface area contributed by atoms with Gasteiger partial charge < -0.3 is 20.7 Å². The van der Waals surface area contributed by atoms with Gasteiger partial charge in [0, 0.05) is 45.3 Å². The number of hydrogen-bond acceptors (Lipinski definition) is 5. The fraction of sp³-hybridized carbons (Fsp3) is 0.538. The van der Waals surface area contributed by atoms with Crippen molar-refractivity contribution in [1.29, 1.82) is 0 Å². The Morgan fingerprint density at radius 1 is 1.47 bits per heavy atom. The molecule has 1 aliphatic rings. The van der Waals surface area contributed by atoms with Crippen molar-refractivity contribution in [2.45, 2.75) is 18.4 Å². The van der Waals surface area contributed by atoms with E-state index in [2.05, 4.69) is 10.3 Å². The van der Waals surface area contributed by atoms with E-state index in [0.29, 0.717) is 31.7 Å². The molecule has 2 heterocycles. The zero-order chi connectivity index (χ0) is 13.9. The van der Waals surface area contributed by atoms with Crippen LogP contribution in [0.5, 0.6) is 0 Å². The summed E-state index contributed by atoms with van der Waals surface area (Å²) < 4.78 is 5.24. The lowest BCUT2D eigenvalue weighted by Crippen LogP contribution is -2.54. The SMILES string of the molecule is CN(C)c1cc(NC(=O)C2(N)CCOCC2)ccn1. The highest BCUT2D eigenvalue weighted by atomic mass is 16.5. The van der Waals surface area contributed by atoms with Crippen molar-refractivity contribution in [2.75, 3.05) is 37.5 Å². The normalized spacial score (nSPS) is 17.8. The second-order valence-corrected chi connectivity index (χ2v) is 5.02. The van der Waals surface area contributed by atoms with Gasteiger partial charge in [0.25, 0.3) is 0 Å². The van der Waals surface area contributed by atoms with Gasteiger partial charge in [-0.3, -0.25) is 4.79 Å². The number of amides is 1. The largest absolute Gasteiger partial charge is 0.381 e. The fourth-order valence-corrected chi connectivity index (χ4v) is 1.96. The molecule has 1 saturated heterocycles. The molecule has 6 nitrogen and oxygen atoms in total. The summed E-state index contributed by atoms with van der Waals surface area (Å²) in [5.74, 6) is 0.627. The molecular formula is C13H20N4O2. The van der Waals surface area contributed by atoms with Crippen molar-refractivity contribution >= 4 is 17.4 Å². The maximum Gasteiger partial charge on any atom is 0.244 e. The van der Waals surface area contributed by atoms with E-state index in [0.717, 1.165) is 5.82 Å². The number of pyridine rings is 1. The van der Waals surface area contributed by atoms with E-state index in [1.54, 1.807) is 12.3 Å². The zero-order valence-electron chi connectivity index (χ0n) is 11.3. The number of anilines is 2. The average Bonchev–Trinajstić information content (AvgIpc) is 2.40. The van der Waals surface area contributed by atoms with E-state index < -0.39 is 5.54 Å². The number of nitrogens with zero attached hydrogens (tertiary/aromatic N) is 2. The standard InChI is InChI=1S/C13H20N4O2/c1-17(2)11-9-10(3-6-15-11)16-12(18)13(14)4-7-19-8-5-13/h3,6,9H,4-5,7-8,14H2,1-2H3,(H,15,16,18). The minimum absolute atomic E-state index is 0.160. The molecule has 3 N–H and O–H groups in total. The third kappa shape index (κ3) is 3.21. The van der Waals surface area contributed by atoms with Crippen LogP contribution in [-0.4, -0.2) is 43.7 Å². The van der Waals surface area contributed by atoms with Crippen LogP contribution in [0.1, 0.15) is 12.8 Å². The lowest BCUT2D eigenvalue weighted by molar-refractivity contribution is -0.124. The van der Waals surface area contributed by atoms with Gasteiger partial charge in [0.1, 0.15) is 11.4 Å². The monoisotopic (exact) mass is 264 g/mol. The van der Waals surface area contributed by atoms with Gasteiger partial charge in [0.2, 0.25) is 5.91 Å². The van der Waals surface area contributed by atoms with Crippen LogP contribution in [0, 0.1) is 0 Å². The first-order valence-corrected chi connectivity index (χ1v) is 6.33. The number of carbonyl (C=O) groups excluding carboxylic acids is 1. The summed E-state index contributed by atoms with van der Waals surface area (Å²) >= 11 is 0. The van der Waals surface area contributed by atoms with Crippen LogP contribution < -0.4 is 16.0 Å². The summed E-state index contributed by atoms with van der Waals surface area (Å²) in [6.45, 7) is 1.06. The molecule has 104 valence electrons. The molecule has 2 rings (SSSR count). The zero-order valence-corrected chi connectivity index (χ0v) is 11.3. The molecule has 1 amide bonds. The Morgan fingerprint density at radius 3 is 2.79 bits per heavy atom. The van der Waals surface area contributed by atoms with Crippen molar-refractivity contribution in [2.24, 2.45) is 5.73 Å². The Bertz CT molecular complexity index is 456. The Hall–Kier alpha value is -1.66. The Morgan fingerprint density at radius 2 is 2.16 bits per heavy atom. The van der Waals surface area contributed by atoms with Crippen LogP contribution >= 0.6 is 0 Å². The molecule has 0 atom stereocenters. The summed E-state index contributed by atoms with van der Waals surface area (Å²) in [6, 6.07) is 3.58. The van der Waals surface area contributed by atoms with Crippen LogP contribution in [0.4, 0.5) is 11.5 Å². The van der Waals surface area contributed by atoms with Crippen molar-refractivity contribution < 1.29 is 9.53 Å². The molecule has 0 saturated carbocycles. The summed E-state index contributed by atoms with van der Waals surface area (Å²) in [5, 5.41) is 2.86. The van der Waals surface area contributed by atoms with Gasteiger partial charge >= 0.3 is 0 Å². The molecule has 19 heavy (non-hydrogen) atoms. The third-order valence-corrected chi connectivity index (χ3v) is 3.30. The predicted octanol–water partition coefficient (Wildman–Crippen LogP) is 0.594. The molecule has 0 unspecified atom stereocenters. The number of hydrogen-bond donors (Lipinski definition) is 2. The molecule has 6 heteroatoms. The Labute approximate surface area is 112 Å². The molecule has 0 aliphatic carbocycles. The van der Waals surface area contributed by atoms with E-state index in [9.17, 15) is 4.79 Å². The quantitative estimate of drug-likeness (QED) is 0.835. The maximum absolute atomic E-state index is 12.2. The number of carbonyl (C=O) groups is 1. The number of nitrogens with two attached hydrogens (primary N) is 1. The van der Waals surface area contributed by atoms with Gasteiger partial charge in [0.05, 0.1) is 0 Å². The highest BCUT2D eigenvalue weighted by Crippen LogP contribution is 2.21. The van der Waals surface area contributed by atoms with Gasteiger partial charge in [-0.1, -0.05) is 0 Å². The lowest BCUT2D eigenvalue weighted by atomic mass is 9.90. The van der Waals surface area contributed by atoms with E-state index >= 15 is 0 Å². The van der Waals surface area contributed by atoms with Crippen molar-refractivity contribution in [3.63, 3.8) is 0 Å². The van der Waals surface area contributed by atoms with Crippen LogP contribution in [0.2, 0.25) is 0 Å². The first-order valence-electron chi connectivity index (χ1n) is 6.33. The second-order valence-electron chi connectivity index (χ2n) is 5.02. The van der Waals surface area contributed by atoms with Gasteiger partial charge in [0.15, 0.2) is 0 Å². The highest BCUT2D eigenvalue weighted by molar-refractivity contribution is 5.98. The molecule has 0 aromatic carbocycles. The smallest absolute Gasteiger partial charge is 0.244 e. The van der Waals surface area contributed by atoms with E-state index in [-0.39, 0.29) is 5.91 Å². The van der Waals surface area contributed by atoms with Crippen molar-refractivity contribution in [3.05, 3.63) is 18.3 Å². The average molecular weight is 264 g/mol. The minimum atomic E-state index is -0.834. The summed E-state index contributed by atoms with van der Waals surface area (Å²) in [6.07, 6.45) is 2.76. The van der Waals surface area contributed by atoms with E-state index in [1.807, 2.05) is 25.1 Å². The van der Waals surface area contributed by atoms with Crippen LogP contribution in [0.3, 0.4) is 0 Å². The van der Waals surface area contributed by atoms with Crippen LogP contribution in [-0.2, 0) is 9.53 Å². The van der Waals surface area contributed by atoms with E-state index in [1.165, 1.54) is 0 Å². The molecular weight excluding hydrogens is 244 g/mol. The topological polar surface area (TPSA) is 80.5 Å². The minimum Gasteiger partial charge on any atom is -0.381 e. The molecule has 0 radical (unpaired) electrons. The van der Waals surface area contributed by atoms with Gasteiger partial charge in [-0.2, -0.15) is 0 Å². The first-order chi connectivity index (χ1) is 9.01. The summed E-state index contributed by atoms with van der Waals surface area (Å²) in [5.41, 5.74) is 6.01. The van der Waals surface area contributed by atoms with Crippen LogP contribution in [0.15, 0.2) is 18.3 Å². The summed E-state index contributed by atoms with van der Waals surface area (Å²) in [4.78, 5) is 18.3. The summed E-state index contributed by atoms with van der Waals surface area (Å²) in [7, 11) is 3.80. The van der Waals surface area contributed by atoms with Crippen molar-refractivity contribution in [1.82, 2.24) is 4.98 Å². The second kappa shape index (κ2) is 5.54. The molecule has 0 bridgehead atoms. The first kappa shape index (κ1) is 13.8. The molecule has 1 aromatic rings. The van der Waals surface area contributed by atoms with Crippen molar-refractivity contribution in [3.8, 4) is 0 Å². The van der Waals surface area contributed by atoms with Gasteiger partial charge in [-0.25, -0.2) is 4.98 Å².